The molecule has 2 radical (unpaired) electrons. The van der Waals surface area contributed by atoms with Gasteiger partial charge in [0, 0.05) is 0 Å². The van der Waals surface area contributed by atoms with Gasteiger partial charge in [-0.2, -0.15) is 29.0 Å². The largest absolute Gasteiger partial charge is 0.477 e. The van der Waals surface area contributed by atoms with Crippen LogP contribution in [0.3, 0.4) is 0 Å². The summed E-state index contributed by atoms with van der Waals surface area (Å²) in [5.41, 5.74) is 1.15. The molecule has 128 valence electrons. The quantitative estimate of drug-likeness (QED) is 0.253. The molecule has 4 aromatic rings. The summed E-state index contributed by atoms with van der Waals surface area (Å²) in [6.45, 7) is 3.06. The standard InChI is InChI=1S/C9H7.C8H6N.2CH3.2ClH.Si.Zr/c1-2-5-9-7-3-6-8(9)4-1;1-2-4-8-7(3-1)5-6-9-8;;;;;;/h1-7H;1-5,9H;2*1H3;2*1H;;/q4*-1;;;;. The van der Waals surface area contributed by atoms with Crippen molar-refractivity contribution in [3.8, 4) is 0 Å². The monoisotopic (exact) mass is 451 g/mol. The van der Waals surface area contributed by atoms with Gasteiger partial charge in [-0.3, -0.25) is 0 Å². The van der Waals surface area contributed by atoms with E-state index in [1.54, 1.807) is 0 Å². The summed E-state index contributed by atoms with van der Waals surface area (Å²) in [6.07, 6.45) is 2.91. The van der Waals surface area contributed by atoms with Crippen LogP contribution in [0.15, 0.2) is 72.8 Å². The Kier molecular flexibility index (Phi) is 18.5. The number of nitrogens with one attached hydrogen (secondary N) is 1. The number of H-pyrrole nitrogens is 1. The Bertz CT molecular complexity index is 656. The smallest absolute Gasteiger partial charge is 0.0745 e. The number of aromatic nitrogens is 1. The van der Waals surface area contributed by atoms with Crippen LogP contribution in [-0.2, 0) is 23.3 Å². The van der Waals surface area contributed by atoms with E-state index >= 15 is 0 Å². The molecular weight excluding hydrogens is 432 g/mol. The van der Waals surface area contributed by atoms with Gasteiger partial charge in [-0.05, 0) is 0 Å². The van der Waals surface area contributed by atoms with Crippen molar-refractivity contribution >= 4 is 53.4 Å². The van der Waals surface area contributed by atoms with Crippen LogP contribution in [0.5, 0.6) is 0 Å². The second-order valence-electron chi connectivity index (χ2n) is 4.16. The molecule has 24 heavy (non-hydrogen) atoms. The second kappa shape index (κ2) is 15.8. The molecule has 0 atom stereocenters. The van der Waals surface area contributed by atoms with E-state index in [1.165, 1.54) is 39.5 Å². The average Bonchev–Trinajstić information content (AvgIpc) is 3.18. The molecule has 0 amide bonds. The van der Waals surface area contributed by atoms with Crippen molar-refractivity contribution in [2.75, 3.05) is 0 Å². The summed E-state index contributed by atoms with van der Waals surface area (Å²) in [6, 6.07) is 24.7. The molecule has 0 aliphatic carbocycles. The zero-order valence-electron chi connectivity index (χ0n) is 13.7. The average molecular weight is 454 g/mol. The van der Waals surface area contributed by atoms with Crippen LogP contribution in [0.4, 0.5) is 0 Å². The first-order valence-corrected chi connectivity index (χ1v) is 10.4. The van der Waals surface area contributed by atoms with Crippen molar-refractivity contribution in [3.05, 3.63) is 93.8 Å². The van der Waals surface area contributed by atoms with Crippen molar-refractivity contribution in [2.45, 2.75) is 0 Å². The summed E-state index contributed by atoms with van der Waals surface area (Å²) in [7, 11) is 0. The van der Waals surface area contributed by atoms with Crippen LogP contribution in [0.2, 0.25) is 0 Å². The van der Waals surface area contributed by atoms with Gasteiger partial charge in [-0.1, -0.05) is 18.2 Å². The van der Waals surface area contributed by atoms with Crippen LogP contribution in [0.25, 0.3) is 21.7 Å². The van der Waals surface area contributed by atoms with E-state index in [9.17, 15) is 0 Å². The SMILES string of the molecule is Cl.Cl.[CH3-].[CH3-].[Si]=[Zr].[c-]1cc2ccccc2[nH]1.c1ccc2[cH-]ccc2c1. The number of hydrogen-bond acceptors (Lipinski definition) is 0. The fraction of sp³-hybridized carbons (Fsp3) is 0. The molecule has 0 fully saturated rings. The van der Waals surface area contributed by atoms with E-state index in [-0.39, 0.29) is 39.7 Å². The fourth-order valence-electron chi connectivity index (χ4n) is 2.00. The van der Waals surface area contributed by atoms with E-state index in [2.05, 4.69) is 66.6 Å². The predicted octanol–water partition coefficient (Wildman–Crippen LogP) is 5.89. The van der Waals surface area contributed by atoms with E-state index in [0.717, 1.165) is 5.52 Å². The minimum absolute atomic E-state index is 0. The Morgan fingerprint density at radius 3 is 2.04 bits per heavy atom. The van der Waals surface area contributed by atoms with Crippen molar-refractivity contribution in [1.82, 2.24) is 4.98 Å². The summed E-state index contributed by atoms with van der Waals surface area (Å²) >= 11 is 1.36. The predicted molar refractivity (Wildman–Crippen MR) is 110 cm³/mol. The van der Waals surface area contributed by atoms with Gasteiger partial charge in [0.2, 0.25) is 0 Å². The van der Waals surface area contributed by atoms with Gasteiger partial charge in [0.1, 0.15) is 0 Å². The summed E-state index contributed by atoms with van der Waals surface area (Å²) in [5.74, 6) is 0. The Morgan fingerprint density at radius 1 is 0.833 bits per heavy atom. The molecule has 0 aliphatic rings. The summed E-state index contributed by atoms with van der Waals surface area (Å²) in [4.78, 5) is 2.99. The second-order valence-corrected chi connectivity index (χ2v) is 4.16. The number of aromatic amines is 1. The molecule has 0 spiro atoms. The van der Waals surface area contributed by atoms with Gasteiger partial charge in [0.25, 0.3) is 0 Å². The van der Waals surface area contributed by atoms with Crippen LogP contribution < -0.4 is 0 Å². The third-order valence-electron chi connectivity index (χ3n) is 2.94. The third-order valence-corrected chi connectivity index (χ3v) is 2.94. The fourth-order valence-corrected chi connectivity index (χ4v) is 2.00. The first-order chi connectivity index (χ1) is 9.93. The molecular formula is C19H21Cl2NSiZr-4. The van der Waals surface area contributed by atoms with E-state index < -0.39 is 0 Å². The van der Waals surface area contributed by atoms with Crippen molar-refractivity contribution < 1.29 is 23.3 Å². The molecule has 1 N–H and O–H groups in total. The van der Waals surface area contributed by atoms with Crippen LogP contribution in [0.1, 0.15) is 0 Å². The number of rotatable bonds is 0. The van der Waals surface area contributed by atoms with E-state index in [1.807, 2.05) is 24.3 Å². The van der Waals surface area contributed by atoms with Gasteiger partial charge in [0.05, 0.1) is 0 Å². The van der Waals surface area contributed by atoms with Gasteiger partial charge < -0.3 is 19.8 Å². The van der Waals surface area contributed by atoms with Gasteiger partial charge in [-0.25, -0.2) is 0 Å². The number of para-hydroxylation sites is 1. The Labute approximate surface area is 174 Å². The maximum atomic E-state index is 3.06. The topological polar surface area (TPSA) is 15.8 Å². The van der Waals surface area contributed by atoms with E-state index in [0.29, 0.717) is 0 Å². The number of benzene rings is 2. The first-order valence-electron chi connectivity index (χ1n) is 6.23. The molecule has 0 saturated carbocycles. The Balaban J connectivity index is -0.000000290. The zero-order valence-corrected chi connectivity index (χ0v) is 18.8. The Morgan fingerprint density at radius 2 is 1.42 bits per heavy atom. The maximum Gasteiger partial charge on any atom is -0.0745 e. The molecule has 0 saturated heterocycles. The van der Waals surface area contributed by atoms with Crippen molar-refractivity contribution in [2.24, 2.45) is 0 Å². The third kappa shape index (κ3) is 7.90. The normalized spacial score (nSPS) is 7.79. The van der Waals surface area contributed by atoms with Gasteiger partial charge in [-0.15, -0.1) is 78.3 Å². The van der Waals surface area contributed by atoms with Crippen LogP contribution >= 0.6 is 24.8 Å². The molecule has 0 unspecified atom stereocenters. The number of halogens is 2. The minimum Gasteiger partial charge on any atom is -0.477 e. The Hall–Kier alpha value is -0.730. The molecule has 0 bridgehead atoms. The summed E-state index contributed by atoms with van der Waals surface area (Å²) < 4.78 is 0. The number of hydrogen-bond donors (Lipinski definition) is 1. The zero-order chi connectivity index (χ0) is 14.2. The van der Waals surface area contributed by atoms with Crippen molar-refractivity contribution in [3.63, 3.8) is 0 Å². The molecule has 1 aromatic heterocycles. The van der Waals surface area contributed by atoms with Crippen LogP contribution in [-0.4, -0.2) is 11.9 Å². The van der Waals surface area contributed by atoms with E-state index in [4.69, 9.17) is 0 Å². The summed E-state index contributed by atoms with van der Waals surface area (Å²) in [5, 5.41) is 3.88. The van der Waals surface area contributed by atoms with Gasteiger partial charge in [0.15, 0.2) is 0 Å². The molecule has 0 aliphatic heterocycles. The van der Waals surface area contributed by atoms with Crippen LogP contribution in [0, 0.1) is 21.1 Å². The van der Waals surface area contributed by atoms with Crippen molar-refractivity contribution in [1.29, 1.82) is 0 Å². The molecule has 4 rings (SSSR count). The maximum absolute atomic E-state index is 3.06. The molecule has 5 heteroatoms. The molecule has 3 aromatic carbocycles. The minimum atomic E-state index is 0. The van der Waals surface area contributed by atoms with Gasteiger partial charge >= 0.3 is 30.2 Å². The molecule has 1 nitrogen and oxygen atoms in total. The molecule has 1 heterocycles. The first kappa shape index (κ1) is 28.1. The number of fused-ring (bicyclic) bond motifs is 2.